The van der Waals surface area contributed by atoms with Gasteiger partial charge in [-0.1, -0.05) is 6.07 Å². The maximum atomic E-state index is 5.93. The number of benzene rings is 1. The van der Waals surface area contributed by atoms with Crippen LogP contribution in [0.1, 0.15) is 6.92 Å². The van der Waals surface area contributed by atoms with Gasteiger partial charge in [-0.15, -0.1) is 0 Å². The smallest absolute Gasteiger partial charge is 0.203 e. The fraction of sp³-hybridized carbons (Fsp3) is 0.625. The molecule has 0 saturated carbocycles. The molecule has 0 radical (unpaired) electrons. The largest absolute Gasteiger partial charge is 0.493 e. The van der Waals surface area contributed by atoms with Gasteiger partial charge in [-0.2, -0.15) is 0 Å². The van der Waals surface area contributed by atoms with Gasteiger partial charge in [0.15, 0.2) is 11.5 Å². The lowest BCUT2D eigenvalue weighted by Gasteiger charge is -2.29. The lowest BCUT2D eigenvalue weighted by Crippen LogP contribution is -3.28. The van der Waals surface area contributed by atoms with Gasteiger partial charge in [0.2, 0.25) is 5.75 Å². The molecule has 118 valence electrons. The van der Waals surface area contributed by atoms with Crippen LogP contribution in [0.2, 0.25) is 0 Å². The lowest BCUT2D eigenvalue weighted by molar-refractivity contribution is -1.01. The van der Waals surface area contributed by atoms with E-state index in [1.165, 1.54) is 32.7 Å². The van der Waals surface area contributed by atoms with E-state index in [0.29, 0.717) is 12.4 Å². The minimum atomic E-state index is 0.688. The number of quaternary nitrogens is 2. The Balaban J connectivity index is 1.83. The van der Waals surface area contributed by atoms with E-state index < -0.39 is 0 Å². The molecule has 5 nitrogen and oxygen atoms in total. The van der Waals surface area contributed by atoms with Gasteiger partial charge in [-0.25, -0.2) is 0 Å². The zero-order chi connectivity index (χ0) is 15.1. The fourth-order valence-electron chi connectivity index (χ4n) is 2.82. The van der Waals surface area contributed by atoms with Crippen molar-refractivity contribution in [3.8, 4) is 17.2 Å². The Morgan fingerprint density at radius 3 is 2.05 bits per heavy atom. The Hall–Kier alpha value is -1.46. The molecule has 0 spiro atoms. The topological polar surface area (TPSA) is 36.6 Å². The highest BCUT2D eigenvalue weighted by atomic mass is 16.5. The van der Waals surface area contributed by atoms with E-state index >= 15 is 0 Å². The highest BCUT2D eigenvalue weighted by molar-refractivity contribution is 5.51. The molecule has 21 heavy (non-hydrogen) atoms. The van der Waals surface area contributed by atoms with E-state index in [4.69, 9.17) is 14.2 Å². The van der Waals surface area contributed by atoms with Crippen molar-refractivity contribution in [1.82, 2.24) is 0 Å². The molecule has 1 fully saturated rings. The van der Waals surface area contributed by atoms with Gasteiger partial charge in [0.25, 0.3) is 0 Å². The molecule has 1 heterocycles. The number of ether oxygens (including phenoxy) is 3. The summed E-state index contributed by atoms with van der Waals surface area (Å²) in [6.45, 7) is 10.2. The molecular weight excluding hydrogens is 268 g/mol. The van der Waals surface area contributed by atoms with Crippen molar-refractivity contribution >= 4 is 0 Å². The van der Waals surface area contributed by atoms with Crippen LogP contribution in [-0.2, 0) is 0 Å². The minimum absolute atomic E-state index is 0.688. The average Bonchev–Trinajstić information content (AvgIpc) is 2.55. The number of para-hydroxylation sites is 1. The molecule has 1 aliphatic rings. The van der Waals surface area contributed by atoms with E-state index in [1.807, 2.05) is 18.2 Å². The Morgan fingerprint density at radius 1 is 0.952 bits per heavy atom. The van der Waals surface area contributed by atoms with Crippen LogP contribution < -0.4 is 24.0 Å². The maximum absolute atomic E-state index is 5.93. The predicted octanol–water partition coefficient (Wildman–Crippen LogP) is -1.11. The van der Waals surface area contributed by atoms with Crippen LogP contribution in [-0.4, -0.2) is 60.1 Å². The highest BCUT2D eigenvalue weighted by Crippen LogP contribution is 2.36. The van der Waals surface area contributed by atoms with Crippen molar-refractivity contribution in [2.45, 2.75) is 6.92 Å². The molecule has 0 aromatic heterocycles. The van der Waals surface area contributed by atoms with Crippen LogP contribution in [0.15, 0.2) is 18.2 Å². The molecule has 0 bridgehead atoms. The second kappa shape index (κ2) is 8.10. The van der Waals surface area contributed by atoms with Gasteiger partial charge < -0.3 is 24.0 Å². The first-order valence-corrected chi connectivity index (χ1v) is 7.79. The first-order valence-electron chi connectivity index (χ1n) is 7.79. The summed E-state index contributed by atoms with van der Waals surface area (Å²) in [5.41, 5.74) is 0. The summed E-state index contributed by atoms with van der Waals surface area (Å²) >= 11 is 0. The SMILES string of the molecule is CC[NH+]1CC[NH+](CCOc2c(OC)cccc2OC)CC1. The maximum Gasteiger partial charge on any atom is 0.203 e. The summed E-state index contributed by atoms with van der Waals surface area (Å²) in [7, 11) is 3.30. The summed E-state index contributed by atoms with van der Waals surface area (Å²) in [5, 5.41) is 0. The number of hydrogen-bond donors (Lipinski definition) is 2. The third-order valence-electron chi connectivity index (χ3n) is 4.25. The van der Waals surface area contributed by atoms with Crippen LogP contribution in [0.3, 0.4) is 0 Å². The predicted molar refractivity (Wildman–Crippen MR) is 81.8 cm³/mol. The quantitative estimate of drug-likeness (QED) is 0.670. The first kappa shape index (κ1) is 15.9. The van der Waals surface area contributed by atoms with Gasteiger partial charge in [-0.05, 0) is 19.1 Å². The molecule has 0 unspecified atom stereocenters. The van der Waals surface area contributed by atoms with Crippen LogP contribution in [0.4, 0.5) is 0 Å². The fourth-order valence-corrected chi connectivity index (χ4v) is 2.82. The molecule has 0 amide bonds. The Bertz CT molecular complexity index is 409. The lowest BCUT2D eigenvalue weighted by atomic mass is 10.3. The number of nitrogens with one attached hydrogen (secondary N) is 2. The van der Waals surface area contributed by atoms with E-state index in [1.54, 1.807) is 24.0 Å². The molecule has 1 aromatic rings. The summed E-state index contributed by atoms with van der Waals surface area (Å²) < 4.78 is 16.6. The van der Waals surface area contributed by atoms with Gasteiger partial charge in [0, 0.05) is 0 Å². The van der Waals surface area contributed by atoms with Crippen LogP contribution in [0, 0.1) is 0 Å². The van der Waals surface area contributed by atoms with E-state index in [-0.39, 0.29) is 0 Å². The van der Waals surface area contributed by atoms with Crippen molar-refractivity contribution in [1.29, 1.82) is 0 Å². The number of methoxy groups -OCH3 is 2. The zero-order valence-corrected chi connectivity index (χ0v) is 13.4. The Morgan fingerprint density at radius 2 is 1.52 bits per heavy atom. The number of likely N-dealkylation sites (N-methyl/N-ethyl adjacent to an activating group) is 1. The number of hydrogen-bond acceptors (Lipinski definition) is 3. The molecule has 1 saturated heterocycles. The van der Waals surface area contributed by atoms with E-state index in [9.17, 15) is 0 Å². The van der Waals surface area contributed by atoms with Crippen molar-refractivity contribution in [2.75, 3.05) is 60.1 Å². The van der Waals surface area contributed by atoms with Gasteiger partial charge in [0.1, 0.15) is 39.3 Å². The van der Waals surface area contributed by atoms with Crippen molar-refractivity contribution in [3.05, 3.63) is 18.2 Å². The molecule has 0 atom stereocenters. The van der Waals surface area contributed by atoms with Gasteiger partial charge >= 0.3 is 0 Å². The van der Waals surface area contributed by atoms with Crippen LogP contribution in [0.25, 0.3) is 0 Å². The second-order valence-corrected chi connectivity index (χ2v) is 5.44. The Kier molecular flexibility index (Phi) is 6.14. The van der Waals surface area contributed by atoms with Gasteiger partial charge in [-0.3, -0.25) is 0 Å². The molecule has 2 rings (SSSR count). The van der Waals surface area contributed by atoms with E-state index in [0.717, 1.165) is 18.0 Å². The molecular formula is C16H28N2O3+2. The summed E-state index contributed by atoms with van der Waals surface area (Å²) in [4.78, 5) is 3.34. The van der Waals surface area contributed by atoms with Crippen molar-refractivity contribution in [3.63, 3.8) is 0 Å². The molecule has 5 heteroatoms. The standard InChI is InChI=1S/C16H26N2O3/c1-4-17-8-10-18(11-9-17)12-13-21-16-14(19-2)6-5-7-15(16)20-3/h5-7H,4,8-13H2,1-3H3/p+2. The van der Waals surface area contributed by atoms with Crippen molar-refractivity contribution < 1.29 is 24.0 Å². The second-order valence-electron chi connectivity index (χ2n) is 5.44. The minimum Gasteiger partial charge on any atom is -0.493 e. The summed E-state index contributed by atoms with van der Waals surface area (Å²) in [6.07, 6.45) is 0. The van der Waals surface area contributed by atoms with Gasteiger partial charge in [0.05, 0.1) is 20.8 Å². The molecule has 0 aliphatic carbocycles. The molecule has 1 aliphatic heterocycles. The zero-order valence-electron chi connectivity index (χ0n) is 13.4. The summed E-state index contributed by atoms with van der Waals surface area (Å²) in [6, 6.07) is 5.70. The normalized spacial score (nSPS) is 21.9. The number of rotatable bonds is 7. The van der Waals surface area contributed by atoms with Crippen molar-refractivity contribution in [2.24, 2.45) is 0 Å². The van der Waals surface area contributed by atoms with Crippen LogP contribution >= 0.6 is 0 Å². The third-order valence-corrected chi connectivity index (χ3v) is 4.25. The molecule has 2 N–H and O–H groups in total. The average molecular weight is 296 g/mol. The van der Waals surface area contributed by atoms with Crippen LogP contribution in [0.5, 0.6) is 17.2 Å². The number of piperazine rings is 1. The third kappa shape index (κ3) is 4.25. The highest BCUT2D eigenvalue weighted by Gasteiger charge is 2.21. The summed E-state index contributed by atoms with van der Waals surface area (Å²) in [5.74, 6) is 2.16. The first-order chi connectivity index (χ1) is 10.3. The molecule has 1 aromatic carbocycles. The Labute approximate surface area is 127 Å². The van der Waals surface area contributed by atoms with E-state index in [2.05, 4.69) is 6.92 Å². The monoisotopic (exact) mass is 296 g/mol.